The van der Waals surface area contributed by atoms with Crippen LogP contribution in [-0.4, -0.2) is 29.0 Å². The first kappa shape index (κ1) is 20.1. The van der Waals surface area contributed by atoms with Crippen molar-refractivity contribution in [2.45, 2.75) is 75.5 Å². The summed E-state index contributed by atoms with van der Waals surface area (Å²) in [4.78, 5) is 0. The molecule has 2 aliphatic carbocycles. The van der Waals surface area contributed by atoms with Crippen LogP contribution in [-0.2, 0) is 14.2 Å². The van der Waals surface area contributed by atoms with Crippen LogP contribution in [0.25, 0.3) is 0 Å². The van der Waals surface area contributed by atoms with Crippen LogP contribution in [0.3, 0.4) is 0 Å². The third-order valence-corrected chi connectivity index (χ3v) is 8.90. The van der Waals surface area contributed by atoms with Gasteiger partial charge in [-0.25, -0.2) is 0 Å². The molecule has 0 radical (unpaired) electrons. The van der Waals surface area contributed by atoms with Gasteiger partial charge < -0.3 is 14.2 Å². The van der Waals surface area contributed by atoms with Gasteiger partial charge >= 0.3 is 0 Å². The average molecular weight is 484 g/mol. The minimum Gasteiger partial charge on any atom is -0.376 e. The minimum atomic E-state index is -0.556. The quantitative estimate of drug-likeness (QED) is 0.401. The molecule has 0 aromatic heterocycles. The van der Waals surface area contributed by atoms with E-state index in [1.165, 1.54) is 12.0 Å². The Hall–Kier alpha value is -0.170. The fraction of sp³-hybridized carbons (Fsp3) is 0.739. The number of methoxy groups -OCH3 is 1. The van der Waals surface area contributed by atoms with Gasteiger partial charge in [0.2, 0.25) is 0 Å². The molecule has 0 spiro atoms. The van der Waals surface area contributed by atoms with Crippen LogP contribution in [0.1, 0.15) is 59.1 Å². The molecule has 0 amide bonds. The Morgan fingerprint density at radius 1 is 1.04 bits per heavy atom. The zero-order valence-corrected chi connectivity index (χ0v) is 19.5. The van der Waals surface area contributed by atoms with Gasteiger partial charge in [-0.15, -0.1) is 0 Å². The number of rotatable bonds is 4. The highest BCUT2D eigenvalue weighted by Crippen LogP contribution is 2.70. The smallest absolute Gasteiger partial charge is 0.163 e. The first-order valence-electron chi connectivity index (χ1n) is 10.2. The summed E-state index contributed by atoms with van der Waals surface area (Å²) in [6.07, 6.45) is 2.69. The molecule has 1 aliphatic heterocycles. The third kappa shape index (κ3) is 3.28. The molecule has 150 valence electrons. The van der Waals surface area contributed by atoms with Crippen LogP contribution in [0.2, 0.25) is 0 Å². The lowest BCUT2D eigenvalue weighted by Crippen LogP contribution is -2.61. The molecule has 3 aliphatic rings. The summed E-state index contributed by atoms with van der Waals surface area (Å²) in [5.41, 5.74) is 1.68. The predicted molar refractivity (Wildman–Crippen MR) is 116 cm³/mol. The standard InChI is InChI=1S/C23H33IO3/c1-21(2)15-12-17-23(5,13-16(15)21)20(27-22(3,4)26-17)18(24)19(25-6)14-10-8-7-9-11-14/h7-11,15-20H,12-13H2,1-6H3/t15-,16+,17-,18+,19+,20-,23+/m1/s1. The highest BCUT2D eigenvalue weighted by molar-refractivity contribution is 14.1. The monoisotopic (exact) mass is 484 g/mol. The van der Waals surface area contributed by atoms with E-state index in [1.807, 2.05) is 7.11 Å². The van der Waals surface area contributed by atoms with Crippen molar-refractivity contribution in [2.75, 3.05) is 7.11 Å². The maximum Gasteiger partial charge on any atom is 0.163 e. The van der Waals surface area contributed by atoms with Crippen LogP contribution in [0.15, 0.2) is 30.3 Å². The second-order valence-electron chi connectivity index (χ2n) is 10.0. The summed E-state index contributed by atoms with van der Waals surface area (Å²) >= 11 is 2.57. The zero-order valence-electron chi connectivity index (χ0n) is 17.4. The lowest BCUT2D eigenvalue weighted by molar-refractivity contribution is -0.353. The van der Waals surface area contributed by atoms with Crippen LogP contribution < -0.4 is 0 Å². The van der Waals surface area contributed by atoms with Crippen molar-refractivity contribution >= 4 is 22.6 Å². The maximum absolute atomic E-state index is 6.64. The molecule has 4 heteroatoms. The Kier molecular flexibility index (Phi) is 4.98. The maximum atomic E-state index is 6.64. The molecule has 1 aromatic carbocycles. The Labute approximate surface area is 177 Å². The number of hydrogen-bond acceptors (Lipinski definition) is 3. The Bertz CT molecular complexity index is 688. The third-order valence-electron chi connectivity index (χ3n) is 7.60. The second kappa shape index (κ2) is 6.68. The summed E-state index contributed by atoms with van der Waals surface area (Å²) in [5.74, 6) is 1.03. The van der Waals surface area contributed by atoms with E-state index in [1.54, 1.807) is 0 Å². The van der Waals surface area contributed by atoms with Gasteiger partial charge in [0, 0.05) is 12.5 Å². The van der Waals surface area contributed by atoms with Gasteiger partial charge in [0.25, 0.3) is 0 Å². The van der Waals surface area contributed by atoms with Gasteiger partial charge in [0.1, 0.15) is 0 Å². The van der Waals surface area contributed by atoms with Crippen LogP contribution in [0.5, 0.6) is 0 Å². The van der Waals surface area contributed by atoms with Crippen molar-refractivity contribution in [1.82, 2.24) is 0 Å². The molecular formula is C23H33IO3. The number of hydrogen-bond donors (Lipinski definition) is 0. The van der Waals surface area contributed by atoms with Crippen LogP contribution in [0, 0.1) is 22.7 Å². The fourth-order valence-electron chi connectivity index (χ4n) is 5.81. The molecule has 0 bridgehead atoms. The Morgan fingerprint density at radius 3 is 2.33 bits per heavy atom. The van der Waals surface area contributed by atoms with E-state index in [0.29, 0.717) is 5.41 Å². The topological polar surface area (TPSA) is 27.7 Å². The average Bonchev–Trinajstić information content (AvgIpc) is 3.13. The lowest BCUT2D eigenvalue weighted by atomic mass is 9.67. The van der Waals surface area contributed by atoms with Gasteiger partial charge in [0.05, 0.1) is 22.2 Å². The molecule has 1 saturated heterocycles. The van der Waals surface area contributed by atoms with Crippen molar-refractivity contribution < 1.29 is 14.2 Å². The van der Waals surface area contributed by atoms with E-state index in [9.17, 15) is 0 Å². The molecule has 0 N–H and O–H groups in total. The second-order valence-corrected chi connectivity index (χ2v) is 11.5. The van der Waals surface area contributed by atoms with Crippen molar-refractivity contribution in [3.63, 3.8) is 0 Å². The minimum absolute atomic E-state index is 0.00751. The predicted octanol–water partition coefficient (Wildman–Crippen LogP) is 5.77. The van der Waals surface area contributed by atoms with E-state index in [0.717, 1.165) is 18.3 Å². The van der Waals surface area contributed by atoms with Gasteiger partial charge in [-0.1, -0.05) is 73.7 Å². The lowest BCUT2D eigenvalue weighted by Gasteiger charge is -2.56. The van der Waals surface area contributed by atoms with Crippen LogP contribution in [0.4, 0.5) is 0 Å². The number of halogens is 1. The van der Waals surface area contributed by atoms with E-state index in [4.69, 9.17) is 14.2 Å². The number of alkyl halides is 1. The molecule has 1 heterocycles. The summed E-state index contributed by atoms with van der Waals surface area (Å²) < 4.78 is 19.3. The van der Waals surface area contributed by atoms with Gasteiger partial charge in [-0.05, 0) is 49.5 Å². The van der Waals surface area contributed by atoms with Gasteiger partial charge in [0.15, 0.2) is 5.79 Å². The molecule has 7 atom stereocenters. The van der Waals surface area contributed by atoms with Crippen molar-refractivity contribution in [1.29, 1.82) is 0 Å². The van der Waals surface area contributed by atoms with E-state index >= 15 is 0 Å². The summed E-state index contributed by atoms with van der Waals surface area (Å²) in [6, 6.07) is 10.5. The van der Waals surface area contributed by atoms with E-state index in [-0.39, 0.29) is 27.7 Å². The van der Waals surface area contributed by atoms with Gasteiger partial charge in [-0.3, -0.25) is 0 Å². The van der Waals surface area contributed by atoms with Crippen molar-refractivity contribution in [3.05, 3.63) is 35.9 Å². The molecule has 27 heavy (non-hydrogen) atoms. The molecule has 0 unspecified atom stereocenters. The molecule has 2 saturated carbocycles. The summed E-state index contributed by atoms with van der Waals surface area (Å²) in [6.45, 7) is 11.4. The first-order chi connectivity index (χ1) is 12.6. The first-order valence-corrected chi connectivity index (χ1v) is 11.4. The molecule has 1 aromatic rings. The van der Waals surface area contributed by atoms with Gasteiger partial charge in [-0.2, -0.15) is 0 Å². The van der Waals surface area contributed by atoms with Crippen molar-refractivity contribution in [3.8, 4) is 0 Å². The van der Waals surface area contributed by atoms with Crippen molar-refractivity contribution in [2.24, 2.45) is 22.7 Å². The largest absolute Gasteiger partial charge is 0.376 e. The SMILES string of the molecule is CO[C@@H](c1ccccc1)[C@H](I)[C@H]1OC(C)(C)O[C@@H]2C[C@@H]3[C@H](C[C@]12C)C3(C)C. The summed E-state index contributed by atoms with van der Waals surface area (Å²) in [7, 11) is 1.81. The van der Waals surface area contributed by atoms with Crippen LogP contribution >= 0.6 is 22.6 Å². The zero-order chi connectivity index (χ0) is 19.6. The number of fused-ring (bicyclic) bond motifs is 2. The molecule has 3 fully saturated rings. The molecule has 3 nitrogen and oxygen atoms in total. The van der Waals surface area contributed by atoms with E-state index < -0.39 is 5.79 Å². The highest BCUT2D eigenvalue weighted by Gasteiger charge is 2.68. The fourth-order valence-corrected chi connectivity index (χ4v) is 7.49. The molecular weight excluding hydrogens is 451 g/mol. The van der Waals surface area contributed by atoms with E-state index in [2.05, 4.69) is 87.5 Å². The number of ether oxygens (including phenoxy) is 3. The summed E-state index contributed by atoms with van der Waals surface area (Å²) in [5, 5.41) is 0. The highest BCUT2D eigenvalue weighted by atomic mass is 127. The molecule has 4 rings (SSSR count). The Balaban J connectivity index is 1.67. The number of benzene rings is 1. The Morgan fingerprint density at radius 2 is 1.70 bits per heavy atom. The normalized spacial score (nSPS) is 41.1.